The number of hydrogen-bond donors (Lipinski definition) is 1. The molecule has 1 N–H and O–H groups in total. The van der Waals surface area contributed by atoms with Crippen molar-refractivity contribution in [3.63, 3.8) is 0 Å². The van der Waals surface area contributed by atoms with Crippen molar-refractivity contribution < 1.29 is 9.53 Å². The van der Waals surface area contributed by atoms with Gasteiger partial charge in [-0.2, -0.15) is 5.26 Å². The second kappa shape index (κ2) is 10.3. The molecule has 1 aromatic carbocycles. The molecule has 0 saturated carbocycles. The number of carbonyl (C=O) groups excluding carboxylic acids is 1. The number of rotatable bonds is 9. The van der Waals surface area contributed by atoms with Gasteiger partial charge in [-0.05, 0) is 36.6 Å². The Morgan fingerprint density at radius 3 is 3.07 bits per heavy atom. The number of aromatic nitrogens is 3. The van der Waals surface area contributed by atoms with Gasteiger partial charge >= 0.3 is 0 Å². The van der Waals surface area contributed by atoms with Gasteiger partial charge in [-0.15, -0.1) is 28.1 Å². The highest BCUT2D eigenvalue weighted by atomic mass is 35.5. The van der Waals surface area contributed by atoms with E-state index in [0.717, 1.165) is 0 Å². The van der Waals surface area contributed by atoms with Gasteiger partial charge in [0.1, 0.15) is 16.8 Å². The van der Waals surface area contributed by atoms with Gasteiger partial charge in [-0.3, -0.25) is 9.36 Å². The van der Waals surface area contributed by atoms with E-state index in [4.69, 9.17) is 21.6 Å². The van der Waals surface area contributed by atoms with Crippen LogP contribution < -0.4 is 10.1 Å². The van der Waals surface area contributed by atoms with Crippen molar-refractivity contribution in [3.05, 3.63) is 64.8 Å². The zero-order chi connectivity index (χ0) is 21.5. The molecule has 0 radical (unpaired) electrons. The number of halogens is 1. The first-order valence-electron chi connectivity index (χ1n) is 8.88. The summed E-state index contributed by atoms with van der Waals surface area (Å²) >= 11 is 8.58. The molecule has 0 spiro atoms. The number of thiophene rings is 1. The molecule has 2 aromatic heterocycles. The fourth-order valence-electron chi connectivity index (χ4n) is 2.59. The van der Waals surface area contributed by atoms with E-state index in [0.29, 0.717) is 38.9 Å². The minimum atomic E-state index is -0.386. The van der Waals surface area contributed by atoms with E-state index in [-0.39, 0.29) is 17.8 Å². The van der Waals surface area contributed by atoms with E-state index >= 15 is 0 Å². The van der Waals surface area contributed by atoms with E-state index in [9.17, 15) is 4.79 Å². The van der Waals surface area contributed by atoms with Crippen LogP contribution in [-0.4, -0.2) is 26.4 Å². The third-order valence-corrected chi connectivity index (χ3v) is 5.93. The van der Waals surface area contributed by atoms with Crippen LogP contribution >= 0.6 is 34.7 Å². The second-order valence-corrected chi connectivity index (χ2v) is 8.36. The fraction of sp³-hybridized carbons (Fsp3) is 0.200. The molecular weight excluding hydrogens is 442 g/mol. The fourth-order valence-corrected chi connectivity index (χ4v) is 4.28. The molecule has 0 saturated heterocycles. The van der Waals surface area contributed by atoms with Gasteiger partial charge in [0.05, 0.1) is 11.3 Å². The van der Waals surface area contributed by atoms with E-state index in [1.54, 1.807) is 29.7 Å². The Morgan fingerprint density at radius 2 is 2.33 bits per heavy atom. The molecule has 0 aliphatic heterocycles. The Kier molecular flexibility index (Phi) is 7.52. The summed E-state index contributed by atoms with van der Waals surface area (Å²) < 4.78 is 7.80. The summed E-state index contributed by atoms with van der Waals surface area (Å²) in [4.78, 5) is 12.3. The third kappa shape index (κ3) is 5.42. The normalized spacial score (nSPS) is 11.5. The van der Waals surface area contributed by atoms with E-state index in [1.165, 1.54) is 23.1 Å². The first-order valence-corrected chi connectivity index (χ1v) is 11.1. The molecule has 3 rings (SSSR count). The van der Waals surface area contributed by atoms with Crippen LogP contribution in [0.3, 0.4) is 0 Å². The zero-order valence-corrected chi connectivity index (χ0v) is 18.4. The molecule has 10 heteroatoms. The largest absolute Gasteiger partial charge is 0.483 e. The number of nitrogens with zero attached hydrogens (tertiary/aromatic N) is 4. The second-order valence-electron chi connectivity index (χ2n) is 6.07. The molecule has 7 nitrogen and oxygen atoms in total. The molecule has 0 fully saturated rings. The Bertz CT molecular complexity index is 1090. The summed E-state index contributed by atoms with van der Waals surface area (Å²) in [6.07, 6.45) is 1.34. The molecule has 1 unspecified atom stereocenters. The number of nitriles is 1. The number of amides is 1. The molecule has 0 bridgehead atoms. The van der Waals surface area contributed by atoms with Crippen LogP contribution in [0, 0.1) is 11.3 Å². The van der Waals surface area contributed by atoms with E-state index in [1.807, 2.05) is 29.7 Å². The Morgan fingerprint density at radius 1 is 1.50 bits per heavy atom. The van der Waals surface area contributed by atoms with Gasteiger partial charge in [0.2, 0.25) is 5.91 Å². The minimum Gasteiger partial charge on any atom is -0.483 e. The zero-order valence-electron chi connectivity index (χ0n) is 16.0. The number of allylic oxidation sites excluding steroid dienone is 1. The Labute approximate surface area is 187 Å². The summed E-state index contributed by atoms with van der Waals surface area (Å²) in [7, 11) is 0. The van der Waals surface area contributed by atoms with Gasteiger partial charge in [-0.25, -0.2) is 0 Å². The average Bonchev–Trinajstić information content (AvgIpc) is 3.33. The lowest BCUT2D eigenvalue weighted by atomic mass is 10.3. The van der Waals surface area contributed by atoms with Gasteiger partial charge in [0.15, 0.2) is 17.1 Å². The number of thioether (sulfide) groups is 1. The highest BCUT2D eigenvalue weighted by molar-refractivity contribution is 7.99. The summed E-state index contributed by atoms with van der Waals surface area (Å²) in [5.74, 6) is 1.14. The summed E-state index contributed by atoms with van der Waals surface area (Å²) in [6, 6.07) is 10.8. The third-order valence-electron chi connectivity index (χ3n) is 3.90. The van der Waals surface area contributed by atoms with Crippen LogP contribution in [0.4, 0.5) is 5.00 Å². The summed E-state index contributed by atoms with van der Waals surface area (Å²) in [5.41, 5.74) is 0.447. The van der Waals surface area contributed by atoms with Crippen LogP contribution in [0.2, 0.25) is 5.02 Å². The maximum Gasteiger partial charge on any atom is 0.235 e. The van der Waals surface area contributed by atoms with Crippen molar-refractivity contribution in [1.29, 1.82) is 5.26 Å². The first kappa shape index (κ1) is 21.9. The predicted molar refractivity (Wildman–Crippen MR) is 119 cm³/mol. The standard InChI is InChI=1S/C20H18ClN5O2S2/c1-3-8-26-18(13(2)28-16-6-4-5-15(21)10-16)24-25-20(26)30-12-17(27)23-19-14(11-22)7-9-29-19/h3-7,9-10,13H,1,8,12H2,2H3,(H,23,27). The van der Waals surface area contributed by atoms with Gasteiger partial charge in [0.25, 0.3) is 0 Å². The molecule has 0 aliphatic carbocycles. The minimum absolute atomic E-state index is 0.127. The quantitative estimate of drug-likeness (QED) is 0.360. The lowest BCUT2D eigenvalue weighted by Gasteiger charge is -2.15. The molecule has 30 heavy (non-hydrogen) atoms. The monoisotopic (exact) mass is 459 g/mol. The van der Waals surface area contributed by atoms with Crippen molar-refractivity contribution in [3.8, 4) is 11.8 Å². The van der Waals surface area contributed by atoms with Gasteiger partial charge in [-0.1, -0.05) is 35.5 Å². The Balaban J connectivity index is 1.68. The molecule has 0 aliphatic rings. The molecule has 154 valence electrons. The van der Waals surface area contributed by atoms with Crippen LogP contribution in [0.15, 0.2) is 53.5 Å². The highest BCUT2D eigenvalue weighted by Crippen LogP contribution is 2.27. The van der Waals surface area contributed by atoms with Crippen molar-refractivity contribution in [2.45, 2.75) is 24.7 Å². The Hall–Kier alpha value is -2.80. The smallest absolute Gasteiger partial charge is 0.235 e. The van der Waals surface area contributed by atoms with Crippen LogP contribution in [0.5, 0.6) is 5.75 Å². The number of hydrogen-bond acceptors (Lipinski definition) is 7. The van der Waals surface area contributed by atoms with Crippen molar-refractivity contribution in [2.75, 3.05) is 11.1 Å². The summed E-state index contributed by atoms with van der Waals surface area (Å²) in [5, 5.41) is 23.7. The molecule has 2 heterocycles. The molecule has 3 aromatic rings. The molecular formula is C20H18ClN5O2S2. The average molecular weight is 460 g/mol. The maximum absolute atomic E-state index is 12.3. The van der Waals surface area contributed by atoms with Crippen LogP contribution in [0.25, 0.3) is 0 Å². The lowest BCUT2D eigenvalue weighted by molar-refractivity contribution is -0.113. The van der Waals surface area contributed by atoms with Crippen LogP contribution in [0.1, 0.15) is 24.4 Å². The van der Waals surface area contributed by atoms with Crippen molar-refractivity contribution >= 4 is 45.6 Å². The van der Waals surface area contributed by atoms with Crippen molar-refractivity contribution in [1.82, 2.24) is 14.8 Å². The number of ether oxygens (including phenoxy) is 1. The highest BCUT2D eigenvalue weighted by Gasteiger charge is 2.20. The van der Waals surface area contributed by atoms with E-state index < -0.39 is 0 Å². The predicted octanol–water partition coefficient (Wildman–Crippen LogP) is 4.92. The number of carbonyl (C=O) groups is 1. The maximum atomic E-state index is 12.3. The lowest BCUT2D eigenvalue weighted by Crippen LogP contribution is -2.15. The van der Waals surface area contributed by atoms with Gasteiger partial charge < -0.3 is 10.1 Å². The van der Waals surface area contributed by atoms with E-state index in [2.05, 4.69) is 22.1 Å². The number of benzene rings is 1. The summed E-state index contributed by atoms with van der Waals surface area (Å²) in [6.45, 7) is 6.12. The van der Waals surface area contributed by atoms with Crippen molar-refractivity contribution in [2.24, 2.45) is 0 Å². The topological polar surface area (TPSA) is 92.8 Å². The van der Waals surface area contributed by atoms with Crippen LogP contribution in [-0.2, 0) is 11.3 Å². The SMILES string of the molecule is C=CCn1c(SCC(=O)Nc2sccc2C#N)nnc1C(C)Oc1cccc(Cl)c1. The molecule has 1 amide bonds. The molecule has 1 atom stereocenters. The number of anilines is 1. The number of nitrogens with one attached hydrogen (secondary N) is 1. The van der Waals surface area contributed by atoms with Gasteiger partial charge in [0, 0.05) is 11.6 Å². The first-order chi connectivity index (χ1) is 14.5.